The monoisotopic (exact) mass is 261 g/mol. The van der Waals surface area contributed by atoms with Crippen molar-refractivity contribution in [2.24, 2.45) is 0 Å². The zero-order valence-corrected chi connectivity index (χ0v) is 11.1. The van der Waals surface area contributed by atoms with Crippen molar-refractivity contribution in [1.29, 1.82) is 0 Å². The van der Waals surface area contributed by atoms with E-state index in [1.54, 1.807) is 6.08 Å². The highest BCUT2D eigenvalue weighted by Gasteiger charge is 2.28. The van der Waals surface area contributed by atoms with E-state index in [1.807, 2.05) is 32.6 Å². The van der Waals surface area contributed by atoms with Gasteiger partial charge in [-0.15, -0.1) is 6.58 Å². The molecule has 0 rings (SSSR count). The standard InChI is InChI=1S/C11H20BrNO/c1-6-8-13(11(3,4)5)10(14)9(12)7-2/h6,9H,1,7-8H2,2-5H3. The molecule has 14 heavy (non-hydrogen) atoms. The van der Waals surface area contributed by atoms with Gasteiger partial charge in [-0.2, -0.15) is 0 Å². The van der Waals surface area contributed by atoms with Gasteiger partial charge in [0, 0.05) is 12.1 Å². The Morgan fingerprint density at radius 1 is 1.57 bits per heavy atom. The third-order valence-electron chi connectivity index (χ3n) is 2.01. The summed E-state index contributed by atoms with van der Waals surface area (Å²) in [6, 6.07) is 0. The second-order valence-electron chi connectivity index (χ2n) is 4.28. The number of halogens is 1. The van der Waals surface area contributed by atoms with E-state index in [2.05, 4.69) is 22.5 Å². The van der Waals surface area contributed by atoms with Gasteiger partial charge in [-0.25, -0.2) is 0 Å². The van der Waals surface area contributed by atoms with Crippen molar-refractivity contribution >= 4 is 21.8 Å². The highest BCUT2D eigenvalue weighted by molar-refractivity contribution is 9.10. The summed E-state index contributed by atoms with van der Waals surface area (Å²) in [5.74, 6) is 0.139. The summed E-state index contributed by atoms with van der Waals surface area (Å²) in [6.45, 7) is 12.4. The number of alkyl halides is 1. The van der Waals surface area contributed by atoms with Gasteiger partial charge in [-0.1, -0.05) is 28.9 Å². The Hall–Kier alpha value is -0.310. The number of hydrogen-bond acceptors (Lipinski definition) is 1. The molecule has 1 amide bonds. The summed E-state index contributed by atoms with van der Waals surface area (Å²) in [5, 5.41) is 0. The maximum atomic E-state index is 11.9. The fraction of sp³-hybridized carbons (Fsp3) is 0.727. The second-order valence-corrected chi connectivity index (χ2v) is 5.39. The van der Waals surface area contributed by atoms with Crippen LogP contribution in [-0.4, -0.2) is 27.7 Å². The predicted molar refractivity (Wildman–Crippen MR) is 64.7 cm³/mol. The van der Waals surface area contributed by atoms with Gasteiger partial charge in [0.15, 0.2) is 0 Å². The van der Waals surface area contributed by atoms with E-state index in [0.29, 0.717) is 6.54 Å². The largest absolute Gasteiger partial charge is 0.333 e. The summed E-state index contributed by atoms with van der Waals surface area (Å²) in [6.07, 6.45) is 2.57. The molecule has 3 heteroatoms. The molecule has 0 radical (unpaired) electrons. The Morgan fingerprint density at radius 3 is 2.36 bits per heavy atom. The molecule has 2 nitrogen and oxygen atoms in total. The van der Waals surface area contributed by atoms with Crippen LogP contribution < -0.4 is 0 Å². The lowest BCUT2D eigenvalue weighted by molar-refractivity contribution is -0.134. The summed E-state index contributed by atoms with van der Waals surface area (Å²) in [5.41, 5.74) is -0.146. The first-order valence-corrected chi connectivity index (χ1v) is 5.82. The van der Waals surface area contributed by atoms with Crippen molar-refractivity contribution in [3.8, 4) is 0 Å². The fourth-order valence-electron chi connectivity index (χ4n) is 1.17. The molecular weight excluding hydrogens is 242 g/mol. The zero-order chi connectivity index (χ0) is 11.4. The number of rotatable bonds is 4. The molecule has 0 heterocycles. The normalized spacial score (nSPS) is 13.5. The van der Waals surface area contributed by atoms with E-state index in [9.17, 15) is 4.79 Å². The SMILES string of the molecule is C=CCN(C(=O)C(Br)CC)C(C)(C)C. The van der Waals surface area contributed by atoms with Gasteiger partial charge in [0.05, 0.1) is 4.83 Å². The van der Waals surface area contributed by atoms with Crippen molar-refractivity contribution < 1.29 is 4.79 Å². The molecule has 82 valence electrons. The predicted octanol–water partition coefficient (Wildman–Crippen LogP) is 2.97. The minimum Gasteiger partial charge on any atom is -0.333 e. The zero-order valence-electron chi connectivity index (χ0n) is 9.51. The van der Waals surface area contributed by atoms with Crippen LogP contribution in [0.2, 0.25) is 0 Å². The van der Waals surface area contributed by atoms with Crippen LogP contribution in [0.15, 0.2) is 12.7 Å². The van der Waals surface area contributed by atoms with E-state index in [-0.39, 0.29) is 16.3 Å². The van der Waals surface area contributed by atoms with Gasteiger partial charge < -0.3 is 4.90 Å². The number of carbonyl (C=O) groups excluding carboxylic acids is 1. The second kappa shape index (κ2) is 5.54. The smallest absolute Gasteiger partial charge is 0.237 e. The summed E-state index contributed by atoms with van der Waals surface area (Å²) < 4.78 is 0. The van der Waals surface area contributed by atoms with Crippen molar-refractivity contribution in [1.82, 2.24) is 4.90 Å². The molecule has 0 aromatic heterocycles. The first-order chi connectivity index (χ1) is 6.34. The van der Waals surface area contributed by atoms with E-state index in [4.69, 9.17) is 0 Å². The van der Waals surface area contributed by atoms with E-state index in [0.717, 1.165) is 6.42 Å². The van der Waals surface area contributed by atoms with Gasteiger partial charge in [-0.05, 0) is 27.2 Å². The first kappa shape index (κ1) is 13.7. The Bertz CT molecular complexity index is 208. The van der Waals surface area contributed by atoms with Gasteiger partial charge in [0.25, 0.3) is 0 Å². The molecular formula is C11H20BrNO. The molecule has 1 atom stereocenters. The topological polar surface area (TPSA) is 20.3 Å². The van der Waals surface area contributed by atoms with Gasteiger partial charge in [-0.3, -0.25) is 4.79 Å². The molecule has 0 saturated heterocycles. The molecule has 0 aliphatic rings. The first-order valence-electron chi connectivity index (χ1n) is 4.91. The van der Waals surface area contributed by atoms with Gasteiger partial charge in [0.1, 0.15) is 0 Å². The fourth-order valence-corrected chi connectivity index (χ4v) is 1.41. The third-order valence-corrected chi connectivity index (χ3v) is 3.05. The van der Waals surface area contributed by atoms with Gasteiger partial charge in [0.2, 0.25) is 5.91 Å². The highest BCUT2D eigenvalue weighted by atomic mass is 79.9. The van der Waals surface area contributed by atoms with E-state index >= 15 is 0 Å². The molecule has 0 N–H and O–H groups in total. The van der Waals surface area contributed by atoms with Crippen LogP contribution in [0.25, 0.3) is 0 Å². The molecule has 0 bridgehead atoms. The van der Waals surface area contributed by atoms with Crippen LogP contribution in [0.5, 0.6) is 0 Å². The van der Waals surface area contributed by atoms with Crippen molar-refractivity contribution in [3.05, 3.63) is 12.7 Å². The molecule has 0 aromatic carbocycles. The van der Waals surface area contributed by atoms with Crippen LogP contribution in [0.3, 0.4) is 0 Å². The van der Waals surface area contributed by atoms with Crippen LogP contribution in [-0.2, 0) is 4.79 Å². The van der Waals surface area contributed by atoms with E-state index < -0.39 is 0 Å². The Kier molecular flexibility index (Phi) is 5.42. The van der Waals surface area contributed by atoms with E-state index in [1.165, 1.54) is 0 Å². The number of nitrogens with zero attached hydrogens (tertiary/aromatic N) is 1. The van der Waals surface area contributed by atoms with Crippen LogP contribution in [0.1, 0.15) is 34.1 Å². The number of hydrogen-bond donors (Lipinski definition) is 0. The maximum Gasteiger partial charge on any atom is 0.237 e. The van der Waals surface area contributed by atoms with Crippen molar-refractivity contribution in [2.45, 2.75) is 44.5 Å². The van der Waals surface area contributed by atoms with Crippen LogP contribution >= 0.6 is 15.9 Å². The maximum absolute atomic E-state index is 11.9. The summed E-state index contributed by atoms with van der Waals surface area (Å²) in [4.78, 5) is 13.7. The Labute approximate surface area is 95.5 Å². The highest BCUT2D eigenvalue weighted by Crippen LogP contribution is 2.18. The Balaban J connectivity index is 4.65. The van der Waals surface area contributed by atoms with Crippen molar-refractivity contribution in [2.75, 3.05) is 6.54 Å². The third kappa shape index (κ3) is 3.82. The molecule has 0 aromatic rings. The number of amides is 1. The lowest BCUT2D eigenvalue weighted by atomic mass is 10.1. The Morgan fingerprint density at radius 2 is 2.07 bits per heavy atom. The quantitative estimate of drug-likeness (QED) is 0.563. The molecule has 0 spiro atoms. The average molecular weight is 262 g/mol. The summed E-state index contributed by atoms with van der Waals surface area (Å²) >= 11 is 3.38. The van der Waals surface area contributed by atoms with Gasteiger partial charge >= 0.3 is 0 Å². The lowest BCUT2D eigenvalue weighted by Crippen LogP contribution is -2.48. The minimum atomic E-state index is -0.146. The molecule has 0 aliphatic carbocycles. The van der Waals surface area contributed by atoms with Crippen molar-refractivity contribution in [3.63, 3.8) is 0 Å². The molecule has 0 saturated carbocycles. The number of carbonyl (C=O) groups is 1. The van der Waals surface area contributed by atoms with Crippen LogP contribution in [0, 0.1) is 0 Å². The summed E-state index contributed by atoms with van der Waals surface area (Å²) in [7, 11) is 0. The molecule has 0 fully saturated rings. The average Bonchev–Trinajstić information content (AvgIpc) is 2.09. The molecule has 1 unspecified atom stereocenters. The molecule has 0 aliphatic heterocycles. The van der Waals surface area contributed by atoms with Crippen LogP contribution in [0.4, 0.5) is 0 Å². The lowest BCUT2D eigenvalue weighted by Gasteiger charge is -2.36. The minimum absolute atomic E-state index is 0.0818.